The zero-order valence-electron chi connectivity index (χ0n) is 14.9. The molecule has 2 aromatic rings. The molecule has 1 fully saturated rings. The first-order chi connectivity index (χ1) is 12.0. The third kappa shape index (κ3) is 4.60. The molecule has 2 N–H and O–H groups in total. The third-order valence-electron chi connectivity index (χ3n) is 4.74. The van der Waals surface area contributed by atoms with Gasteiger partial charge in [-0.15, -0.1) is 0 Å². The number of piperidine rings is 1. The molecule has 6 heteroatoms. The topological polar surface area (TPSA) is 70.4 Å². The van der Waals surface area contributed by atoms with Crippen LogP contribution in [0, 0.1) is 12.8 Å². The van der Waals surface area contributed by atoms with Crippen LogP contribution >= 0.6 is 0 Å². The summed E-state index contributed by atoms with van der Waals surface area (Å²) in [6.45, 7) is 5.88. The standard InChI is InChI=1S/C19H26N4O2/c1-14-10-20-23(11-14)12-16-5-7-18(8-6-16)21-19(25)22-9-3-4-17(13-22)15(2)24/h5-8,10-11,15,17,24H,3-4,9,12-13H2,1-2H3,(H,21,25). The number of carbonyl (C=O) groups excluding carboxylic acids is 1. The summed E-state index contributed by atoms with van der Waals surface area (Å²) >= 11 is 0. The van der Waals surface area contributed by atoms with Crippen LogP contribution in [0.25, 0.3) is 0 Å². The first-order valence-electron chi connectivity index (χ1n) is 8.83. The van der Waals surface area contributed by atoms with Crippen molar-refractivity contribution in [3.05, 3.63) is 47.8 Å². The van der Waals surface area contributed by atoms with Crippen LogP contribution in [-0.4, -0.2) is 45.0 Å². The van der Waals surface area contributed by atoms with Crippen molar-refractivity contribution in [3.8, 4) is 0 Å². The van der Waals surface area contributed by atoms with E-state index in [1.165, 1.54) is 0 Å². The third-order valence-corrected chi connectivity index (χ3v) is 4.74. The molecule has 0 spiro atoms. The highest BCUT2D eigenvalue weighted by molar-refractivity contribution is 5.89. The minimum absolute atomic E-state index is 0.0965. The minimum atomic E-state index is -0.374. The van der Waals surface area contributed by atoms with Gasteiger partial charge in [-0.3, -0.25) is 4.68 Å². The summed E-state index contributed by atoms with van der Waals surface area (Å²) in [4.78, 5) is 14.2. The summed E-state index contributed by atoms with van der Waals surface area (Å²) in [5, 5.41) is 17.0. The van der Waals surface area contributed by atoms with Gasteiger partial charge in [0.25, 0.3) is 0 Å². The first-order valence-corrected chi connectivity index (χ1v) is 8.83. The monoisotopic (exact) mass is 342 g/mol. The molecule has 2 unspecified atom stereocenters. The van der Waals surface area contributed by atoms with Crippen molar-refractivity contribution >= 4 is 11.7 Å². The summed E-state index contributed by atoms with van der Waals surface area (Å²) < 4.78 is 1.90. The second-order valence-electron chi connectivity index (χ2n) is 6.93. The number of rotatable bonds is 4. The molecule has 2 atom stereocenters. The van der Waals surface area contributed by atoms with Crippen molar-refractivity contribution in [2.45, 2.75) is 39.3 Å². The van der Waals surface area contributed by atoms with E-state index in [1.54, 1.807) is 11.8 Å². The van der Waals surface area contributed by atoms with Crippen LogP contribution in [0.3, 0.4) is 0 Å². The van der Waals surface area contributed by atoms with Crippen LogP contribution in [0.5, 0.6) is 0 Å². The maximum Gasteiger partial charge on any atom is 0.321 e. The predicted molar refractivity (Wildman–Crippen MR) is 97.5 cm³/mol. The Bertz CT molecular complexity index is 708. The van der Waals surface area contributed by atoms with Crippen LogP contribution in [0.15, 0.2) is 36.7 Å². The smallest absolute Gasteiger partial charge is 0.321 e. The van der Waals surface area contributed by atoms with Gasteiger partial charge in [0.05, 0.1) is 18.8 Å². The van der Waals surface area contributed by atoms with Gasteiger partial charge >= 0.3 is 6.03 Å². The van der Waals surface area contributed by atoms with Gasteiger partial charge in [0.2, 0.25) is 0 Å². The van der Waals surface area contributed by atoms with Crippen molar-refractivity contribution in [2.24, 2.45) is 5.92 Å². The minimum Gasteiger partial charge on any atom is -0.393 e. The van der Waals surface area contributed by atoms with E-state index >= 15 is 0 Å². The zero-order chi connectivity index (χ0) is 17.8. The molecule has 1 saturated heterocycles. The highest BCUT2D eigenvalue weighted by Gasteiger charge is 2.26. The Kier molecular flexibility index (Phi) is 5.38. The van der Waals surface area contributed by atoms with E-state index in [1.807, 2.05) is 48.3 Å². The van der Waals surface area contributed by atoms with Gasteiger partial charge < -0.3 is 15.3 Å². The highest BCUT2D eigenvalue weighted by Crippen LogP contribution is 2.20. The fourth-order valence-corrected chi connectivity index (χ4v) is 3.22. The molecule has 0 bridgehead atoms. The molecule has 0 aliphatic carbocycles. The molecule has 2 amide bonds. The molecular formula is C19H26N4O2. The number of benzene rings is 1. The van der Waals surface area contributed by atoms with Crippen LogP contribution < -0.4 is 5.32 Å². The summed E-state index contributed by atoms with van der Waals surface area (Å²) in [6.07, 6.45) is 5.38. The summed E-state index contributed by atoms with van der Waals surface area (Å²) in [5.74, 6) is 0.166. The molecule has 1 aliphatic heterocycles. The van der Waals surface area contributed by atoms with Crippen molar-refractivity contribution in [2.75, 3.05) is 18.4 Å². The molecule has 1 aromatic carbocycles. The Morgan fingerprint density at radius 3 is 2.80 bits per heavy atom. The van der Waals surface area contributed by atoms with Crippen LogP contribution in [0.4, 0.5) is 10.5 Å². The number of nitrogens with one attached hydrogen (secondary N) is 1. The number of hydrogen-bond acceptors (Lipinski definition) is 3. The second-order valence-corrected chi connectivity index (χ2v) is 6.93. The SMILES string of the molecule is Cc1cnn(Cc2ccc(NC(=O)N3CCCC(C(C)O)C3)cc2)c1. The maximum atomic E-state index is 12.4. The summed E-state index contributed by atoms with van der Waals surface area (Å²) in [5.41, 5.74) is 3.05. The molecule has 3 rings (SSSR count). The van der Waals surface area contributed by atoms with Gasteiger partial charge in [0.15, 0.2) is 0 Å². The maximum absolute atomic E-state index is 12.4. The van der Waals surface area contributed by atoms with Crippen molar-refractivity contribution in [1.29, 1.82) is 0 Å². The Balaban J connectivity index is 1.56. The van der Waals surface area contributed by atoms with E-state index in [0.29, 0.717) is 13.1 Å². The summed E-state index contributed by atoms with van der Waals surface area (Å²) in [7, 11) is 0. The van der Waals surface area contributed by atoms with Gasteiger partial charge in [-0.1, -0.05) is 12.1 Å². The Hall–Kier alpha value is -2.34. The van der Waals surface area contributed by atoms with E-state index in [9.17, 15) is 9.90 Å². The van der Waals surface area contributed by atoms with Crippen LogP contribution in [0.2, 0.25) is 0 Å². The quantitative estimate of drug-likeness (QED) is 0.897. The first kappa shape index (κ1) is 17.5. The van der Waals surface area contributed by atoms with E-state index < -0.39 is 0 Å². The lowest BCUT2D eigenvalue weighted by Crippen LogP contribution is -2.44. The molecule has 6 nitrogen and oxygen atoms in total. The number of anilines is 1. The second kappa shape index (κ2) is 7.70. The molecule has 1 aliphatic rings. The van der Waals surface area contributed by atoms with E-state index in [0.717, 1.165) is 36.2 Å². The normalized spacial score (nSPS) is 18.8. The molecular weight excluding hydrogens is 316 g/mol. The molecule has 1 aromatic heterocycles. The number of amides is 2. The van der Waals surface area contributed by atoms with Gasteiger partial charge in [0, 0.05) is 30.9 Å². The predicted octanol–water partition coefficient (Wildman–Crippen LogP) is 2.86. The van der Waals surface area contributed by atoms with E-state index in [4.69, 9.17) is 0 Å². The number of nitrogens with zero attached hydrogens (tertiary/aromatic N) is 3. The lowest BCUT2D eigenvalue weighted by Gasteiger charge is -2.34. The van der Waals surface area contributed by atoms with Crippen molar-refractivity contribution in [1.82, 2.24) is 14.7 Å². The Labute approximate surface area is 148 Å². The highest BCUT2D eigenvalue weighted by atomic mass is 16.3. The van der Waals surface area contributed by atoms with Gasteiger partial charge in [0.1, 0.15) is 0 Å². The Morgan fingerprint density at radius 1 is 1.40 bits per heavy atom. The molecule has 25 heavy (non-hydrogen) atoms. The zero-order valence-corrected chi connectivity index (χ0v) is 14.9. The number of carbonyl (C=O) groups is 1. The average Bonchev–Trinajstić information content (AvgIpc) is 3.01. The van der Waals surface area contributed by atoms with Crippen molar-refractivity contribution < 1.29 is 9.90 Å². The lowest BCUT2D eigenvalue weighted by atomic mass is 9.94. The number of aliphatic hydroxyl groups excluding tert-OH is 1. The van der Waals surface area contributed by atoms with E-state index in [2.05, 4.69) is 10.4 Å². The number of aryl methyl sites for hydroxylation is 1. The fraction of sp³-hybridized carbons (Fsp3) is 0.474. The molecule has 2 heterocycles. The number of aliphatic hydroxyl groups is 1. The summed E-state index contributed by atoms with van der Waals surface area (Å²) in [6, 6.07) is 7.74. The fourth-order valence-electron chi connectivity index (χ4n) is 3.22. The molecule has 0 saturated carbocycles. The van der Waals surface area contributed by atoms with Gasteiger partial charge in [-0.2, -0.15) is 5.10 Å². The number of urea groups is 1. The number of aromatic nitrogens is 2. The van der Waals surface area contributed by atoms with Gasteiger partial charge in [-0.25, -0.2) is 4.79 Å². The lowest BCUT2D eigenvalue weighted by molar-refractivity contribution is 0.0766. The molecule has 0 radical (unpaired) electrons. The van der Waals surface area contributed by atoms with Crippen LogP contribution in [-0.2, 0) is 6.54 Å². The Morgan fingerprint density at radius 2 is 2.16 bits per heavy atom. The molecule has 134 valence electrons. The van der Waals surface area contributed by atoms with Crippen LogP contribution in [0.1, 0.15) is 30.9 Å². The van der Waals surface area contributed by atoms with E-state index in [-0.39, 0.29) is 18.1 Å². The average molecular weight is 342 g/mol. The number of hydrogen-bond donors (Lipinski definition) is 2. The van der Waals surface area contributed by atoms with Gasteiger partial charge in [-0.05, 0) is 49.9 Å². The van der Waals surface area contributed by atoms with Crippen molar-refractivity contribution in [3.63, 3.8) is 0 Å². The largest absolute Gasteiger partial charge is 0.393 e. The number of likely N-dealkylation sites (tertiary alicyclic amines) is 1.